The highest BCUT2D eigenvalue weighted by molar-refractivity contribution is 7.89. The van der Waals surface area contributed by atoms with Crippen LogP contribution in [0.25, 0.3) is 0 Å². The van der Waals surface area contributed by atoms with Crippen molar-refractivity contribution < 1.29 is 8.42 Å². The molecule has 0 spiro atoms. The monoisotopic (exact) mass is 297 g/mol. The molecule has 0 amide bonds. The molecule has 1 fully saturated rings. The molecule has 0 saturated carbocycles. The summed E-state index contributed by atoms with van der Waals surface area (Å²) in [5, 5.41) is 3.36. The van der Waals surface area contributed by atoms with Crippen LogP contribution in [-0.4, -0.2) is 43.4 Å². The van der Waals surface area contributed by atoms with Crippen molar-refractivity contribution >= 4 is 10.0 Å². The van der Waals surface area contributed by atoms with Crippen LogP contribution < -0.4 is 5.32 Å². The van der Waals surface area contributed by atoms with Crippen molar-refractivity contribution in [1.82, 2.24) is 14.6 Å². The minimum Gasteiger partial charge on any atom is -0.313 e. The van der Waals surface area contributed by atoms with Crippen LogP contribution in [0, 0.1) is 5.92 Å². The molecule has 1 saturated heterocycles. The molecule has 1 N–H and O–H groups in total. The van der Waals surface area contributed by atoms with E-state index in [0.717, 1.165) is 19.4 Å². The SMILES string of the molecule is CC(C)CN(CC1CCCN1)S(=O)(=O)c1cccnc1. The van der Waals surface area contributed by atoms with Crippen molar-refractivity contribution in [3.8, 4) is 0 Å². The van der Waals surface area contributed by atoms with Gasteiger partial charge in [-0.3, -0.25) is 4.98 Å². The average molecular weight is 297 g/mol. The molecule has 112 valence electrons. The third-order valence-electron chi connectivity index (χ3n) is 3.43. The van der Waals surface area contributed by atoms with Gasteiger partial charge in [-0.25, -0.2) is 8.42 Å². The van der Waals surface area contributed by atoms with E-state index in [1.54, 1.807) is 22.6 Å². The first-order valence-electron chi connectivity index (χ1n) is 7.13. The van der Waals surface area contributed by atoms with Gasteiger partial charge in [0, 0.05) is 31.5 Å². The number of aromatic nitrogens is 1. The van der Waals surface area contributed by atoms with Crippen molar-refractivity contribution in [1.29, 1.82) is 0 Å². The van der Waals surface area contributed by atoms with Gasteiger partial charge in [0.25, 0.3) is 0 Å². The third kappa shape index (κ3) is 3.77. The largest absolute Gasteiger partial charge is 0.313 e. The van der Waals surface area contributed by atoms with Gasteiger partial charge in [0.2, 0.25) is 10.0 Å². The van der Waals surface area contributed by atoms with Gasteiger partial charge in [0.05, 0.1) is 0 Å². The van der Waals surface area contributed by atoms with Crippen LogP contribution in [0.5, 0.6) is 0 Å². The maximum Gasteiger partial charge on any atom is 0.244 e. The first kappa shape index (κ1) is 15.4. The van der Waals surface area contributed by atoms with Crippen LogP contribution in [0.2, 0.25) is 0 Å². The summed E-state index contributed by atoms with van der Waals surface area (Å²) in [5.74, 6) is 0.294. The van der Waals surface area contributed by atoms with Gasteiger partial charge in [-0.15, -0.1) is 0 Å². The first-order valence-corrected chi connectivity index (χ1v) is 8.57. The van der Waals surface area contributed by atoms with Gasteiger partial charge in [0.1, 0.15) is 4.90 Å². The number of pyridine rings is 1. The maximum absolute atomic E-state index is 12.7. The number of nitrogens with one attached hydrogen (secondary N) is 1. The van der Waals surface area contributed by atoms with E-state index < -0.39 is 10.0 Å². The van der Waals surface area contributed by atoms with E-state index in [2.05, 4.69) is 10.3 Å². The Hall–Kier alpha value is -0.980. The zero-order valence-electron chi connectivity index (χ0n) is 12.1. The number of sulfonamides is 1. The molecular formula is C14H23N3O2S. The van der Waals surface area contributed by atoms with Crippen LogP contribution >= 0.6 is 0 Å². The van der Waals surface area contributed by atoms with E-state index >= 15 is 0 Å². The quantitative estimate of drug-likeness (QED) is 0.864. The maximum atomic E-state index is 12.7. The molecule has 1 aromatic heterocycles. The molecule has 2 rings (SSSR count). The molecule has 6 heteroatoms. The van der Waals surface area contributed by atoms with Gasteiger partial charge >= 0.3 is 0 Å². The zero-order chi connectivity index (χ0) is 14.6. The molecule has 5 nitrogen and oxygen atoms in total. The Bertz CT molecular complexity index is 510. The highest BCUT2D eigenvalue weighted by Crippen LogP contribution is 2.18. The fraction of sp³-hybridized carbons (Fsp3) is 0.643. The normalized spacial score (nSPS) is 19.9. The average Bonchev–Trinajstić information content (AvgIpc) is 2.91. The molecule has 0 aliphatic carbocycles. The predicted molar refractivity (Wildman–Crippen MR) is 78.9 cm³/mol. The number of rotatable bonds is 6. The molecule has 20 heavy (non-hydrogen) atoms. The van der Waals surface area contributed by atoms with Gasteiger partial charge in [0.15, 0.2) is 0 Å². The number of nitrogens with zero attached hydrogens (tertiary/aromatic N) is 2. The fourth-order valence-corrected chi connectivity index (χ4v) is 4.10. The lowest BCUT2D eigenvalue weighted by molar-refractivity contribution is 0.336. The lowest BCUT2D eigenvalue weighted by atomic mass is 10.2. The molecule has 0 radical (unpaired) electrons. The molecule has 0 bridgehead atoms. The second-order valence-electron chi connectivity index (χ2n) is 5.70. The van der Waals surface area contributed by atoms with Crippen LogP contribution in [0.3, 0.4) is 0 Å². The highest BCUT2D eigenvalue weighted by atomic mass is 32.2. The summed E-state index contributed by atoms with van der Waals surface area (Å²) < 4.78 is 27.0. The summed E-state index contributed by atoms with van der Waals surface area (Å²) in [7, 11) is -3.45. The molecule has 1 aliphatic heterocycles. The van der Waals surface area contributed by atoms with E-state index in [-0.39, 0.29) is 10.9 Å². The summed E-state index contributed by atoms with van der Waals surface area (Å²) in [6.07, 6.45) is 5.17. The van der Waals surface area contributed by atoms with Crippen LogP contribution in [0.15, 0.2) is 29.4 Å². The summed E-state index contributed by atoms with van der Waals surface area (Å²) >= 11 is 0. The van der Waals surface area contributed by atoms with Crippen molar-refractivity contribution in [3.63, 3.8) is 0 Å². The summed E-state index contributed by atoms with van der Waals surface area (Å²) in [5.41, 5.74) is 0. The molecule has 2 heterocycles. The molecular weight excluding hydrogens is 274 g/mol. The second-order valence-corrected chi connectivity index (χ2v) is 7.64. The molecule has 1 aromatic rings. The van der Waals surface area contributed by atoms with Gasteiger partial charge in [-0.2, -0.15) is 4.31 Å². The van der Waals surface area contributed by atoms with Crippen molar-refractivity contribution in [2.24, 2.45) is 5.92 Å². The lowest BCUT2D eigenvalue weighted by Crippen LogP contribution is -2.42. The summed E-state index contributed by atoms with van der Waals surface area (Å²) in [6.45, 7) is 6.12. The van der Waals surface area contributed by atoms with E-state index in [4.69, 9.17) is 0 Å². The molecule has 1 aliphatic rings. The minimum atomic E-state index is -3.45. The van der Waals surface area contributed by atoms with Crippen LogP contribution in [0.4, 0.5) is 0 Å². The summed E-state index contributed by atoms with van der Waals surface area (Å²) in [4.78, 5) is 4.20. The second kappa shape index (κ2) is 6.65. The van der Waals surface area contributed by atoms with Gasteiger partial charge in [-0.05, 0) is 37.4 Å². The van der Waals surface area contributed by atoms with Crippen LogP contribution in [0.1, 0.15) is 26.7 Å². The Morgan fingerprint density at radius 2 is 2.30 bits per heavy atom. The van der Waals surface area contributed by atoms with E-state index in [9.17, 15) is 8.42 Å². The highest BCUT2D eigenvalue weighted by Gasteiger charge is 2.28. The van der Waals surface area contributed by atoms with E-state index in [1.807, 2.05) is 13.8 Å². The number of hydrogen-bond donors (Lipinski definition) is 1. The van der Waals surface area contributed by atoms with E-state index in [1.165, 1.54) is 6.20 Å². The van der Waals surface area contributed by atoms with Gasteiger partial charge in [-0.1, -0.05) is 13.8 Å². The first-order chi connectivity index (χ1) is 9.50. The summed E-state index contributed by atoms with van der Waals surface area (Å²) in [6, 6.07) is 3.53. The minimum absolute atomic E-state index is 0.264. The Balaban J connectivity index is 2.20. The predicted octanol–water partition coefficient (Wildman–Crippen LogP) is 1.48. The van der Waals surface area contributed by atoms with Crippen molar-refractivity contribution in [2.75, 3.05) is 19.6 Å². The van der Waals surface area contributed by atoms with E-state index in [0.29, 0.717) is 19.0 Å². The molecule has 1 atom stereocenters. The zero-order valence-corrected chi connectivity index (χ0v) is 12.9. The third-order valence-corrected chi connectivity index (χ3v) is 5.24. The standard InChI is InChI=1S/C14H23N3O2S/c1-12(2)10-17(11-13-5-3-8-16-13)20(18,19)14-6-4-7-15-9-14/h4,6-7,9,12-13,16H,3,5,8,10-11H2,1-2H3. The molecule has 0 aromatic carbocycles. The van der Waals surface area contributed by atoms with Crippen LogP contribution in [-0.2, 0) is 10.0 Å². The Morgan fingerprint density at radius 1 is 1.50 bits per heavy atom. The van der Waals surface area contributed by atoms with Gasteiger partial charge < -0.3 is 5.32 Å². The van der Waals surface area contributed by atoms with Crippen molar-refractivity contribution in [3.05, 3.63) is 24.5 Å². The fourth-order valence-electron chi connectivity index (χ4n) is 2.49. The molecule has 1 unspecified atom stereocenters. The lowest BCUT2D eigenvalue weighted by Gasteiger charge is -2.26. The topological polar surface area (TPSA) is 62.3 Å². The Labute approximate surface area is 121 Å². The Kier molecular flexibility index (Phi) is 5.12. The number of hydrogen-bond acceptors (Lipinski definition) is 4. The van der Waals surface area contributed by atoms with Crippen molar-refractivity contribution in [2.45, 2.75) is 37.6 Å². The Morgan fingerprint density at radius 3 is 2.85 bits per heavy atom. The smallest absolute Gasteiger partial charge is 0.244 e.